The molecule has 0 saturated heterocycles. The molecule has 1 aliphatic rings. The number of carbonyl (C=O) groups is 2. The summed E-state index contributed by atoms with van der Waals surface area (Å²) >= 11 is 3.36. The van der Waals surface area contributed by atoms with Gasteiger partial charge in [-0.1, -0.05) is 42.8 Å². The molecule has 0 aromatic carbocycles. The van der Waals surface area contributed by atoms with Crippen LogP contribution in [0.15, 0.2) is 23.8 Å². The molecule has 0 N–H and O–H groups in total. The van der Waals surface area contributed by atoms with Gasteiger partial charge in [0.25, 0.3) is 0 Å². The van der Waals surface area contributed by atoms with E-state index in [9.17, 15) is 9.59 Å². The van der Waals surface area contributed by atoms with E-state index in [1.165, 1.54) is 0 Å². The van der Waals surface area contributed by atoms with Crippen molar-refractivity contribution in [3.8, 4) is 0 Å². The standard InChI is InChI=1S/C15H21BrO3/c1-5-6-11-10(7-8-12(11)17)9-19-14(18)13(16)15(2,3)4/h5,13H,1,6-9H2,2-4H3. The monoisotopic (exact) mass is 328 g/mol. The minimum atomic E-state index is -0.347. The summed E-state index contributed by atoms with van der Waals surface area (Å²) in [7, 11) is 0. The van der Waals surface area contributed by atoms with Gasteiger partial charge in [-0.05, 0) is 23.8 Å². The summed E-state index contributed by atoms with van der Waals surface area (Å²) in [5.74, 6) is -0.130. The molecule has 0 amide bonds. The largest absolute Gasteiger partial charge is 0.460 e. The lowest BCUT2D eigenvalue weighted by molar-refractivity contribution is -0.143. The van der Waals surface area contributed by atoms with Gasteiger partial charge in [-0.15, -0.1) is 6.58 Å². The van der Waals surface area contributed by atoms with Gasteiger partial charge in [0.05, 0.1) is 0 Å². The Morgan fingerprint density at radius 2 is 2.11 bits per heavy atom. The summed E-state index contributed by atoms with van der Waals surface area (Å²) in [5.41, 5.74) is 1.51. The fraction of sp³-hybridized carbons (Fsp3) is 0.600. The molecule has 0 saturated carbocycles. The van der Waals surface area contributed by atoms with Gasteiger partial charge in [0, 0.05) is 12.0 Å². The van der Waals surface area contributed by atoms with Crippen LogP contribution in [0.25, 0.3) is 0 Å². The van der Waals surface area contributed by atoms with Crippen molar-refractivity contribution in [1.29, 1.82) is 0 Å². The van der Waals surface area contributed by atoms with E-state index in [2.05, 4.69) is 22.5 Å². The van der Waals surface area contributed by atoms with Gasteiger partial charge in [-0.25, -0.2) is 0 Å². The third-order valence-corrected chi connectivity index (χ3v) is 4.87. The van der Waals surface area contributed by atoms with Crippen LogP contribution in [0.2, 0.25) is 0 Å². The van der Waals surface area contributed by atoms with Crippen LogP contribution in [-0.4, -0.2) is 23.2 Å². The Morgan fingerprint density at radius 3 is 2.63 bits per heavy atom. The fourth-order valence-electron chi connectivity index (χ4n) is 1.91. The highest BCUT2D eigenvalue weighted by atomic mass is 79.9. The van der Waals surface area contributed by atoms with Gasteiger partial charge in [0.1, 0.15) is 11.4 Å². The van der Waals surface area contributed by atoms with Crippen LogP contribution in [0.5, 0.6) is 0 Å². The number of halogens is 1. The fourth-order valence-corrected chi connectivity index (χ4v) is 2.04. The molecule has 1 aliphatic carbocycles. The molecule has 0 spiro atoms. The summed E-state index contributed by atoms with van der Waals surface area (Å²) in [4.78, 5) is 23.2. The van der Waals surface area contributed by atoms with E-state index in [0.717, 1.165) is 11.1 Å². The van der Waals surface area contributed by atoms with Crippen LogP contribution in [0.3, 0.4) is 0 Å². The third kappa shape index (κ3) is 4.30. The Labute approximate surface area is 123 Å². The van der Waals surface area contributed by atoms with Crippen LogP contribution >= 0.6 is 15.9 Å². The minimum absolute atomic E-state index is 0.150. The summed E-state index contributed by atoms with van der Waals surface area (Å²) in [6, 6.07) is 0. The first-order valence-electron chi connectivity index (χ1n) is 6.43. The number of alkyl halides is 1. The second-order valence-electron chi connectivity index (χ2n) is 5.83. The highest BCUT2D eigenvalue weighted by molar-refractivity contribution is 9.10. The highest BCUT2D eigenvalue weighted by Gasteiger charge is 2.31. The lowest BCUT2D eigenvalue weighted by Gasteiger charge is -2.23. The van der Waals surface area contributed by atoms with Gasteiger partial charge in [-0.3, -0.25) is 9.59 Å². The second kappa shape index (κ2) is 6.51. The zero-order chi connectivity index (χ0) is 14.6. The summed E-state index contributed by atoms with van der Waals surface area (Å²) < 4.78 is 5.31. The Kier molecular flexibility index (Phi) is 5.53. The number of ketones is 1. The van der Waals surface area contributed by atoms with Crippen molar-refractivity contribution < 1.29 is 14.3 Å². The number of esters is 1. The molecule has 0 bridgehead atoms. The summed E-state index contributed by atoms with van der Waals surface area (Å²) in [5, 5.41) is 0. The van der Waals surface area contributed by atoms with E-state index < -0.39 is 0 Å². The molecule has 1 atom stereocenters. The Balaban J connectivity index is 2.64. The lowest BCUT2D eigenvalue weighted by atomic mass is 9.92. The van der Waals surface area contributed by atoms with E-state index >= 15 is 0 Å². The average Bonchev–Trinajstić information content (AvgIpc) is 2.66. The topological polar surface area (TPSA) is 43.4 Å². The Morgan fingerprint density at radius 1 is 1.47 bits per heavy atom. The zero-order valence-electron chi connectivity index (χ0n) is 11.8. The summed E-state index contributed by atoms with van der Waals surface area (Å²) in [6.07, 6.45) is 3.48. The van der Waals surface area contributed by atoms with E-state index in [4.69, 9.17) is 4.74 Å². The average molecular weight is 329 g/mol. The molecule has 0 heterocycles. The Hall–Kier alpha value is -0.900. The molecule has 3 nitrogen and oxygen atoms in total. The van der Waals surface area contributed by atoms with Crippen LogP contribution in [0, 0.1) is 5.41 Å². The zero-order valence-corrected chi connectivity index (χ0v) is 13.4. The molecular formula is C15H21BrO3. The number of hydrogen-bond acceptors (Lipinski definition) is 3. The van der Waals surface area contributed by atoms with Crippen LogP contribution < -0.4 is 0 Å². The predicted octanol–water partition coefficient (Wildman–Crippen LogP) is 3.57. The number of allylic oxidation sites excluding steroid dienone is 2. The first-order valence-corrected chi connectivity index (χ1v) is 7.34. The van der Waals surface area contributed by atoms with Crippen LogP contribution in [-0.2, 0) is 14.3 Å². The van der Waals surface area contributed by atoms with Crippen molar-refractivity contribution in [3.05, 3.63) is 23.8 Å². The maximum absolute atomic E-state index is 11.9. The van der Waals surface area contributed by atoms with E-state index in [-0.39, 0.29) is 28.6 Å². The van der Waals surface area contributed by atoms with Crippen LogP contribution in [0.4, 0.5) is 0 Å². The van der Waals surface area contributed by atoms with Crippen molar-refractivity contribution in [2.45, 2.75) is 44.9 Å². The van der Waals surface area contributed by atoms with E-state index in [0.29, 0.717) is 19.3 Å². The van der Waals surface area contributed by atoms with E-state index in [1.807, 2.05) is 20.8 Å². The molecule has 1 unspecified atom stereocenters. The first kappa shape index (κ1) is 16.2. The molecule has 1 rings (SSSR count). The van der Waals surface area contributed by atoms with Crippen molar-refractivity contribution >= 4 is 27.7 Å². The van der Waals surface area contributed by atoms with Crippen molar-refractivity contribution in [2.75, 3.05) is 6.61 Å². The van der Waals surface area contributed by atoms with Gasteiger partial charge < -0.3 is 4.74 Å². The van der Waals surface area contributed by atoms with Crippen molar-refractivity contribution in [1.82, 2.24) is 0 Å². The number of carbonyl (C=O) groups excluding carboxylic acids is 2. The SMILES string of the molecule is C=CCC1=C(COC(=O)C(Br)C(C)(C)C)CCC1=O. The molecule has 0 fully saturated rings. The van der Waals surface area contributed by atoms with Gasteiger partial charge >= 0.3 is 5.97 Å². The normalized spacial score (nSPS) is 17.6. The third-order valence-electron chi connectivity index (χ3n) is 3.12. The van der Waals surface area contributed by atoms with Crippen molar-refractivity contribution in [3.63, 3.8) is 0 Å². The molecule has 0 aromatic rings. The predicted molar refractivity (Wildman–Crippen MR) is 79.2 cm³/mol. The number of rotatable bonds is 5. The smallest absolute Gasteiger partial charge is 0.320 e. The first-order chi connectivity index (χ1) is 8.77. The maximum atomic E-state index is 11.9. The number of Topliss-reactive ketones (excluding diaryl/α,β-unsaturated/α-hetero) is 1. The molecule has 0 aliphatic heterocycles. The molecular weight excluding hydrogens is 308 g/mol. The molecule has 19 heavy (non-hydrogen) atoms. The number of hydrogen-bond donors (Lipinski definition) is 0. The highest BCUT2D eigenvalue weighted by Crippen LogP contribution is 2.29. The summed E-state index contributed by atoms with van der Waals surface area (Å²) in [6.45, 7) is 9.76. The van der Waals surface area contributed by atoms with Gasteiger partial charge in [0.15, 0.2) is 5.78 Å². The van der Waals surface area contributed by atoms with Gasteiger partial charge in [0.2, 0.25) is 0 Å². The minimum Gasteiger partial charge on any atom is -0.460 e. The molecule has 0 radical (unpaired) electrons. The second-order valence-corrected chi connectivity index (χ2v) is 6.75. The van der Waals surface area contributed by atoms with Crippen molar-refractivity contribution in [2.24, 2.45) is 5.41 Å². The van der Waals surface area contributed by atoms with E-state index in [1.54, 1.807) is 6.08 Å². The molecule has 0 aromatic heterocycles. The number of ether oxygens (including phenoxy) is 1. The molecule has 106 valence electrons. The molecule has 4 heteroatoms. The maximum Gasteiger partial charge on any atom is 0.320 e. The Bertz CT molecular complexity index is 416. The van der Waals surface area contributed by atoms with Gasteiger partial charge in [-0.2, -0.15) is 0 Å². The quantitative estimate of drug-likeness (QED) is 0.440. The lowest BCUT2D eigenvalue weighted by Crippen LogP contribution is -2.31. The van der Waals surface area contributed by atoms with Crippen LogP contribution in [0.1, 0.15) is 40.0 Å².